The van der Waals surface area contributed by atoms with Crippen molar-refractivity contribution in [1.29, 1.82) is 0 Å². The molecule has 0 unspecified atom stereocenters. The molecule has 1 aliphatic heterocycles. The highest BCUT2D eigenvalue weighted by Crippen LogP contribution is 2.24. The minimum absolute atomic E-state index is 0.0381. The highest BCUT2D eigenvalue weighted by atomic mass is 16.2. The summed E-state index contributed by atoms with van der Waals surface area (Å²) in [6, 6.07) is 17.9. The minimum atomic E-state index is -0.105. The van der Waals surface area contributed by atoms with Gasteiger partial charge in [-0.2, -0.15) is 0 Å². The number of hydrogen-bond donors (Lipinski definition) is 3. The third-order valence-electron chi connectivity index (χ3n) is 6.31. The fraction of sp³-hybridized carbons (Fsp3) is 0.440. The van der Waals surface area contributed by atoms with Gasteiger partial charge in [0.1, 0.15) is 0 Å². The average molecular weight is 421 g/mol. The molecule has 6 heteroatoms. The zero-order valence-electron chi connectivity index (χ0n) is 18.0. The molecule has 1 aliphatic carbocycles. The van der Waals surface area contributed by atoms with Crippen molar-refractivity contribution in [2.45, 2.75) is 51.0 Å². The molecule has 31 heavy (non-hydrogen) atoms. The Morgan fingerprint density at radius 3 is 2.00 bits per heavy atom. The molecule has 6 nitrogen and oxygen atoms in total. The number of piperidine rings is 1. The molecule has 3 N–H and O–H groups in total. The first-order valence-corrected chi connectivity index (χ1v) is 11.5. The van der Waals surface area contributed by atoms with Gasteiger partial charge in [0.2, 0.25) is 5.91 Å². The Morgan fingerprint density at radius 1 is 0.710 bits per heavy atom. The van der Waals surface area contributed by atoms with Crippen molar-refractivity contribution < 1.29 is 9.59 Å². The number of para-hydroxylation sites is 1. The third-order valence-corrected chi connectivity index (χ3v) is 6.31. The molecule has 0 bridgehead atoms. The standard InChI is InChI=1S/C25H32N4O2/c30-24(27-23-13-11-22(12-14-23)26-20-7-3-1-4-8-20)19-15-17-29(18-16-19)25(31)28-21-9-5-2-6-10-21/h2,5-6,9-14,19-20,26H,1,3-4,7-8,15-18H2,(H,27,30)(H,28,31). The van der Waals surface area contributed by atoms with Gasteiger partial charge in [-0.15, -0.1) is 0 Å². The lowest BCUT2D eigenvalue weighted by Gasteiger charge is -2.31. The summed E-state index contributed by atoms with van der Waals surface area (Å²) in [6.07, 6.45) is 7.78. The zero-order valence-corrected chi connectivity index (χ0v) is 18.0. The average Bonchev–Trinajstić information content (AvgIpc) is 2.82. The van der Waals surface area contributed by atoms with Crippen LogP contribution in [0.25, 0.3) is 0 Å². The third kappa shape index (κ3) is 6.00. The number of rotatable bonds is 5. The second-order valence-electron chi connectivity index (χ2n) is 8.60. The maximum atomic E-state index is 12.7. The van der Waals surface area contributed by atoms with Crippen LogP contribution >= 0.6 is 0 Å². The second kappa shape index (κ2) is 10.3. The molecule has 1 saturated carbocycles. The predicted octanol–water partition coefficient (Wildman–Crippen LogP) is 5.31. The van der Waals surface area contributed by atoms with E-state index in [2.05, 4.69) is 16.0 Å². The Kier molecular flexibility index (Phi) is 7.07. The Hall–Kier alpha value is -3.02. The van der Waals surface area contributed by atoms with Gasteiger partial charge in [0.15, 0.2) is 0 Å². The number of likely N-dealkylation sites (tertiary alicyclic amines) is 1. The molecule has 2 aromatic rings. The SMILES string of the molecule is O=C(Nc1ccc(NC2CCCCC2)cc1)C1CCN(C(=O)Nc2ccccc2)CC1. The molecule has 0 radical (unpaired) electrons. The highest BCUT2D eigenvalue weighted by Gasteiger charge is 2.27. The predicted molar refractivity (Wildman–Crippen MR) is 125 cm³/mol. The van der Waals surface area contributed by atoms with E-state index in [-0.39, 0.29) is 17.9 Å². The maximum absolute atomic E-state index is 12.7. The lowest BCUT2D eigenvalue weighted by atomic mass is 9.95. The van der Waals surface area contributed by atoms with Gasteiger partial charge in [-0.3, -0.25) is 4.79 Å². The largest absolute Gasteiger partial charge is 0.382 e. The number of amides is 3. The number of nitrogens with one attached hydrogen (secondary N) is 3. The summed E-state index contributed by atoms with van der Waals surface area (Å²) in [4.78, 5) is 26.9. The molecule has 3 amide bonds. The number of carbonyl (C=O) groups is 2. The van der Waals surface area contributed by atoms with Gasteiger partial charge in [0, 0.05) is 42.1 Å². The Labute approximate surface area is 184 Å². The van der Waals surface area contributed by atoms with Gasteiger partial charge in [0.25, 0.3) is 0 Å². The molecule has 4 rings (SSSR count). The fourth-order valence-corrected chi connectivity index (χ4v) is 4.45. The van der Waals surface area contributed by atoms with Crippen molar-refractivity contribution in [1.82, 2.24) is 4.90 Å². The number of carbonyl (C=O) groups excluding carboxylic acids is 2. The van der Waals surface area contributed by atoms with Crippen LogP contribution in [0.2, 0.25) is 0 Å². The van der Waals surface area contributed by atoms with E-state index in [4.69, 9.17) is 0 Å². The number of benzene rings is 2. The molecule has 2 aliphatic rings. The van der Waals surface area contributed by atoms with Crippen molar-refractivity contribution >= 4 is 29.0 Å². The van der Waals surface area contributed by atoms with E-state index in [0.29, 0.717) is 32.0 Å². The van der Waals surface area contributed by atoms with Crippen molar-refractivity contribution in [3.63, 3.8) is 0 Å². The zero-order chi connectivity index (χ0) is 21.5. The summed E-state index contributed by atoms with van der Waals surface area (Å²) in [5.74, 6) is -0.0306. The number of anilines is 3. The highest BCUT2D eigenvalue weighted by molar-refractivity contribution is 5.93. The van der Waals surface area contributed by atoms with Gasteiger partial charge in [-0.1, -0.05) is 37.5 Å². The van der Waals surface area contributed by atoms with E-state index in [1.807, 2.05) is 54.6 Å². The molecule has 0 spiro atoms. The Balaban J connectivity index is 1.22. The quantitative estimate of drug-likeness (QED) is 0.613. The van der Waals surface area contributed by atoms with Crippen LogP contribution in [0.3, 0.4) is 0 Å². The summed E-state index contributed by atoms with van der Waals surface area (Å²) in [5.41, 5.74) is 2.72. The van der Waals surface area contributed by atoms with E-state index >= 15 is 0 Å². The van der Waals surface area contributed by atoms with E-state index < -0.39 is 0 Å². The number of urea groups is 1. The second-order valence-corrected chi connectivity index (χ2v) is 8.60. The van der Waals surface area contributed by atoms with Crippen molar-refractivity contribution in [2.24, 2.45) is 5.92 Å². The van der Waals surface area contributed by atoms with Gasteiger partial charge < -0.3 is 20.9 Å². The summed E-state index contributed by atoms with van der Waals surface area (Å²) >= 11 is 0. The molecular weight excluding hydrogens is 388 g/mol. The van der Waals surface area contributed by atoms with E-state index in [1.165, 1.54) is 32.1 Å². The Morgan fingerprint density at radius 2 is 1.32 bits per heavy atom. The molecule has 2 aromatic carbocycles. The molecular formula is C25H32N4O2. The van der Waals surface area contributed by atoms with Gasteiger partial charge in [-0.25, -0.2) is 4.79 Å². The first-order valence-electron chi connectivity index (χ1n) is 11.5. The number of nitrogens with zero attached hydrogens (tertiary/aromatic N) is 1. The van der Waals surface area contributed by atoms with Crippen LogP contribution in [-0.4, -0.2) is 36.0 Å². The Bertz CT molecular complexity index is 855. The maximum Gasteiger partial charge on any atom is 0.321 e. The van der Waals surface area contributed by atoms with Gasteiger partial charge in [-0.05, 0) is 62.1 Å². The van der Waals surface area contributed by atoms with Crippen molar-refractivity contribution in [2.75, 3.05) is 29.0 Å². The molecule has 2 fully saturated rings. The van der Waals surface area contributed by atoms with Crippen LogP contribution in [0, 0.1) is 5.92 Å². The van der Waals surface area contributed by atoms with Crippen molar-refractivity contribution in [3.05, 3.63) is 54.6 Å². The molecule has 0 aromatic heterocycles. The van der Waals surface area contributed by atoms with Crippen LogP contribution < -0.4 is 16.0 Å². The first kappa shape index (κ1) is 21.2. The van der Waals surface area contributed by atoms with Crippen LogP contribution in [0.4, 0.5) is 21.9 Å². The fourth-order valence-electron chi connectivity index (χ4n) is 4.45. The molecule has 1 heterocycles. The van der Waals surface area contributed by atoms with Crippen LogP contribution in [0.5, 0.6) is 0 Å². The lowest BCUT2D eigenvalue weighted by Crippen LogP contribution is -2.43. The first-order chi connectivity index (χ1) is 15.2. The molecule has 164 valence electrons. The summed E-state index contributed by atoms with van der Waals surface area (Å²) in [6.45, 7) is 1.17. The van der Waals surface area contributed by atoms with Crippen LogP contribution in [0.15, 0.2) is 54.6 Å². The molecule has 0 atom stereocenters. The van der Waals surface area contributed by atoms with Gasteiger partial charge in [0.05, 0.1) is 0 Å². The van der Waals surface area contributed by atoms with E-state index in [9.17, 15) is 9.59 Å². The van der Waals surface area contributed by atoms with E-state index in [1.54, 1.807) is 4.90 Å². The van der Waals surface area contributed by atoms with Gasteiger partial charge >= 0.3 is 6.03 Å². The lowest BCUT2D eigenvalue weighted by molar-refractivity contribution is -0.121. The van der Waals surface area contributed by atoms with E-state index in [0.717, 1.165) is 17.1 Å². The smallest absolute Gasteiger partial charge is 0.321 e. The summed E-state index contributed by atoms with van der Waals surface area (Å²) < 4.78 is 0. The van der Waals surface area contributed by atoms with Crippen LogP contribution in [0.1, 0.15) is 44.9 Å². The van der Waals surface area contributed by atoms with Crippen LogP contribution in [-0.2, 0) is 4.79 Å². The summed E-state index contributed by atoms with van der Waals surface area (Å²) in [5, 5.41) is 9.55. The topological polar surface area (TPSA) is 73.5 Å². The minimum Gasteiger partial charge on any atom is -0.382 e. The molecule has 1 saturated heterocycles. The monoisotopic (exact) mass is 420 g/mol. The normalized spacial score (nSPS) is 17.7. The summed E-state index contributed by atoms with van der Waals surface area (Å²) in [7, 11) is 0. The van der Waals surface area contributed by atoms with Crippen molar-refractivity contribution in [3.8, 4) is 0 Å². The number of hydrogen-bond acceptors (Lipinski definition) is 3.